The van der Waals surface area contributed by atoms with Gasteiger partial charge in [-0.3, -0.25) is 9.36 Å². The highest BCUT2D eigenvalue weighted by Crippen LogP contribution is 2.38. The van der Waals surface area contributed by atoms with Gasteiger partial charge in [-0.05, 0) is 32.1 Å². The van der Waals surface area contributed by atoms with Crippen molar-refractivity contribution in [1.29, 1.82) is 0 Å². The summed E-state index contributed by atoms with van der Waals surface area (Å²) in [6, 6.07) is -0.898. The van der Waals surface area contributed by atoms with Crippen molar-refractivity contribution in [1.82, 2.24) is 5.32 Å². The van der Waals surface area contributed by atoms with Crippen LogP contribution in [0.25, 0.3) is 0 Å². The lowest BCUT2D eigenvalue weighted by Crippen LogP contribution is -2.45. The molecule has 0 spiro atoms. The Hall–Kier alpha value is -1.02. The molecule has 362 valence electrons. The first kappa shape index (κ1) is 60.0. The lowest BCUT2D eigenvalue weighted by Gasteiger charge is -2.29. The van der Waals surface area contributed by atoms with E-state index in [1.807, 2.05) is 27.2 Å². The number of phosphoric ester groups is 1. The van der Waals surface area contributed by atoms with Crippen molar-refractivity contribution >= 4 is 13.7 Å². The highest BCUT2D eigenvalue weighted by Gasteiger charge is 2.23. The molecule has 3 atom stereocenters. The maximum Gasteiger partial charge on any atom is 0.268 e. The van der Waals surface area contributed by atoms with Crippen LogP contribution in [0.1, 0.15) is 251 Å². The maximum absolute atomic E-state index is 12.9. The third-order valence-electron chi connectivity index (χ3n) is 11.9. The monoisotopic (exact) mass is 883 g/mol. The number of nitrogens with zero attached hydrogens (tertiary/aromatic N) is 1. The Morgan fingerprint density at radius 1 is 0.557 bits per heavy atom. The molecule has 0 bridgehead atoms. The highest BCUT2D eigenvalue weighted by molar-refractivity contribution is 7.45. The quantitative estimate of drug-likeness (QED) is 0.0273. The molecule has 0 aliphatic rings. The van der Waals surface area contributed by atoms with Gasteiger partial charge in [0.25, 0.3) is 7.82 Å². The van der Waals surface area contributed by atoms with Gasteiger partial charge in [0.1, 0.15) is 13.2 Å². The summed E-state index contributed by atoms with van der Waals surface area (Å²) in [5.41, 5.74) is 0. The number of rotatable bonds is 48. The average molecular weight is 883 g/mol. The SMILES string of the molecule is CCCCCCCC/C=C/CC/C=C/C(O)C(COP(=O)([O-])OCC[N+](C)(C)C)NC(=O)CCCCCCCCCCCCCCCCCCCCCCCCCCCCC. The van der Waals surface area contributed by atoms with Gasteiger partial charge in [0.05, 0.1) is 39.9 Å². The molecule has 0 aliphatic heterocycles. The number of aliphatic hydroxyl groups excluding tert-OH is 1. The minimum Gasteiger partial charge on any atom is -0.756 e. The van der Waals surface area contributed by atoms with Crippen LogP contribution in [0.15, 0.2) is 24.3 Å². The fraction of sp³-hybridized carbons (Fsp3) is 0.904. The predicted molar refractivity (Wildman–Crippen MR) is 261 cm³/mol. The number of aliphatic hydroxyl groups is 1. The van der Waals surface area contributed by atoms with Crippen LogP contribution >= 0.6 is 7.82 Å². The number of carbonyl (C=O) groups is 1. The molecule has 0 radical (unpaired) electrons. The zero-order valence-corrected chi connectivity index (χ0v) is 42.0. The molecule has 0 saturated heterocycles. The molecule has 0 aromatic carbocycles. The van der Waals surface area contributed by atoms with Crippen molar-refractivity contribution in [2.45, 2.75) is 264 Å². The number of likely N-dealkylation sites (N-methyl/N-ethyl adjacent to an activating group) is 1. The van der Waals surface area contributed by atoms with Crippen molar-refractivity contribution in [3.63, 3.8) is 0 Å². The molecule has 0 heterocycles. The van der Waals surface area contributed by atoms with Gasteiger partial charge < -0.3 is 28.8 Å². The van der Waals surface area contributed by atoms with Gasteiger partial charge in [0.2, 0.25) is 5.91 Å². The van der Waals surface area contributed by atoms with E-state index in [4.69, 9.17) is 9.05 Å². The van der Waals surface area contributed by atoms with Gasteiger partial charge >= 0.3 is 0 Å². The van der Waals surface area contributed by atoms with E-state index in [1.165, 1.54) is 193 Å². The number of unbranched alkanes of at least 4 members (excludes halogenated alkanes) is 33. The van der Waals surface area contributed by atoms with Gasteiger partial charge in [-0.2, -0.15) is 0 Å². The Labute approximate surface area is 379 Å². The summed E-state index contributed by atoms with van der Waals surface area (Å²) in [6.07, 6.45) is 54.0. The van der Waals surface area contributed by atoms with E-state index in [-0.39, 0.29) is 19.1 Å². The second kappa shape index (κ2) is 44.2. The number of amides is 1. The van der Waals surface area contributed by atoms with E-state index in [0.29, 0.717) is 17.4 Å². The topological polar surface area (TPSA) is 108 Å². The smallest absolute Gasteiger partial charge is 0.268 e. The molecule has 3 unspecified atom stereocenters. The third-order valence-corrected chi connectivity index (χ3v) is 12.9. The number of nitrogens with one attached hydrogen (secondary N) is 1. The van der Waals surface area contributed by atoms with Gasteiger partial charge in [-0.1, -0.05) is 237 Å². The summed E-state index contributed by atoms with van der Waals surface area (Å²) in [6.45, 7) is 4.63. The average Bonchev–Trinajstić information content (AvgIpc) is 3.21. The van der Waals surface area contributed by atoms with Crippen LogP contribution in [0.2, 0.25) is 0 Å². The number of allylic oxidation sites excluding steroid dienone is 3. The fourth-order valence-electron chi connectivity index (χ4n) is 7.76. The largest absolute Gasteiger partial charge is 0.756 e. The lowest BCUT2D eigenvalue weighted by atomic mass is 10.0. The summed E-state index contributed by atoms with van der Waals surface area (Å²) in [5, 5.41) is 13.8. The molecule has 0 aromatic heterocycles. The van der Waals surface area contributed by atoms with Crippen molar-refractivity contribution in [3.8, 4) is 0 Å². The molecule has 2 N–H and O–H groups in total. The normalized spacial score (nSPS) is 14.3. The van der Waals surface area contributed by atoms with Crippen molar-refractivity contribution < 1.29 is 32.9 Å². The molecule has 61 heavy (non-hydrogen) atoms. The van der Waals surface area contributed by atoms with E-state index in [1.54, 1.807) is 6.08 Å². The second-order valence-electron chi connectivity index (χ2n) is 19.2. The Kier molecular flexibility index (Phi) is 43.5. The van der Waals surface area contributed by atoms with Gasteiger partial charge in [0.15, 0.2) is 0 Å². The standard InChI is InChI=1S/C52H103N2O6P/c1-6-8-10-12-14-16-18-20-21-22-23-24-25-26-27-28-29-30-31-32-33-34-36-38-40-42-44-46-52(56)53-50(49-60-61(57,58)59-48-47-54(3,4)5)51(55)45-43-41-39-37-35-19-17-15-13-11-9-7-2/h35,37,43,45,50-51,55H,6-34,36,38-42,44,46-49H2,1-5H3,(H-,53,56,57,58)/b37-35+,45-43+. The van der Waals surface area contributed by atoms with E-state index < -0.39 is 20.0 Å². The summed E-state index contributed by atoms with van der Waals surface area (Å²) in [4.78, 5) is 25.4. The Morgan fingerprint density at radius 2 is 0.918 bits per heavy atom. The Bertz CT molecular complexity index is 1050. The number of carbonyl (C=O) groups excluding carboxylic acids is 1. The number of hydrogen-bond donors (Lipinski definition) is 2. The molecule has 0 aliphatic carbocycles. The first-order chi connectivity index (χ1) is 29.5. The van der Waals surface area contributed by atoms with Gasteiger partial charge in [0, 0.05) is 6.42 Å². The lowest BCUT2D eigenvalue weighted by molar-refractivity contribution is -0.870. The zero-order valence-electron chi connectivity index (χ0n) is 41.1. The fourth-order valence-corrected chi connectivity index (χ4v) is 8.48. The van der Waals surface area contributed by atoms with E-state index in [0.717, 1.165) is 38.5 Å². The Balaban J connectivity index is 4.11. The minimum absolute atomic E-state index is 0.00420. The Morgan fingerprint density at radius 3 is 1.33 bits per heavy atom. The zero-order chi connectivity index (χ0) is 45.0. The molecular weight excluding hydrogens is 780 g/mol. The molecule has 1 amide bonds. The van der Waals surface area contributed by atoms with Crippen LogP contribution in [0.4, 0.5) is 0 Å². The molecule has 0 fully saturated rings. The predicted octanol–water partition coefficient (Wildman–Crippen LogP) is 14.6. The number of phosphoric acid groups is 1. The summed E-state index contributed by atoms with van der Waals surface area (Å²) >= 11 is 0. The first-order valence-electron chi connectivity index (χ1n) is 26.2. The van der Waals surface area contributed by atoms with Crippen LogP contribution < -0.4 is 10.2 Å². The van der Waals surface area contributed by atoms with Crippen molar-refractivity contribution in [2.75, 3.05) is 40.9 Å². The summed E-state index contributed by atoms with van der Waals surface area (Å²) < 4.78 is 23.2. The van der Waals surface area contributed by atoms with E-state index in [2.05, 4.69) is 31.3 Å². The number of quaternary nitrogens is 1. The van der Waals surface area contributed by atoms with E-state index in [9.17, 15) is 19.4 Å². The minimum atomic E-state index is -4.59. The number of hydrogen-bond acceptors (Lipinski definition) is 6. The van der Waals surface area contributed by atoms with Crippen molar-refractivity contribution in [2.24, 2.45) is 0 Å². The third kappa shape index (κ3) is 46.8. The van der Waals surface area contributed by atoms with Crippen LogP contribution in [0.3, 0.4) is 0 Å². The van der Waals surface area contributed by atoms with Crippen LogP contribution in [-0.4, -0.2) is 68.5 Å². The van der Waals surface area contributed by atoms with Crippen LogP contribution in [0.5, 0.6) is 0 Å². The summed E-state index contributed by atoms with van der Waals surface area (Å²) in [7, 11) is 1.25. The molecule has 8 nitrogen and oxygen atoms in total. The van der Waals surface area contributed by atoms with Gasteiger partial charge in [-0.15, -0.1) is 0 Å². The summed E-state index contributed by atoms with van der Waals surface area (Å²) in [5.74, 6) is -0.204. The molecule has 0 saturated carbocycles. The van der Waals surface area contributed by atoms with E-state index >= 15 is 0 Å². The molecule has 0 aromatic rings. The van der Waals surface area contributed by atoms with Gasteiger partial charge in [-0.25, -0.2) is 0 Å². The maximum atomic E-state index is 12.9. The van der Waals surface area contributed by atoms with Crippen LogP contribution in [0, 0.1) is 0 Å². The first-order valence-corrected chi connectivity index (χ1v) is 27.7. The van der Waals surface area contributed by atoms with Crippen molar-refractivity contribution in [3.05, 3.63) is 24.3 Å². The molecular formula is C52H103N2O6P. The second-order valence-corrected chi connectivity index (χ2v) is 20.6. The molecule has 0 rings (SSSR count). The highest BCUT2D eigenvalue weighted by atomic mass is 31.2. The molecule has 9 heteroatoms. The van der Waals surface area contributed by atoms with Crippen LogP contribution in [-0.2, 0) is 18.4 Å².